The standard InChI is InChI=1S/C13H15N5/c1-10(9-18-6-2-5-16-18)17-12-4-3-11(8-14)13(15)7-12/h2-7,10,17H,9,15H2,1H3. The van der Waals surface area contributed by atoms with Crippen molar-refractivity contribution in [3.63, 3.8) is 0 Å². The fraction of sp³-hybridized carbons (Fsp3) is 0.231. The number of aromatic nitrogens is 2. The van der Waals surface area contributed by atoms with Crippen molar-refractivity contribution in [3.8, 4) is 6.07 Å². The summed E-state index contributed by atoms with van der Waals surface area (Å²) in [5.74, 6) is 0. The van der Waals surface area contributed by atoms with E-state index < -0.39 is 0 Å². The summed E-state index contributed by atoms with van der Waals surface area (Å²) in [6, 6.07) is 9.51. The summed E-state index contributed by atoms with van der Waals surface area (Å²) in [5.41, 5.74) is 7.67. The van der Waals surface area contributed by atoms with Crippen LogP contribution in [0.2, 0.25) is 0 Å². The van der Waals surface area contributed by atoms with Gasteiger partial charge in [0.05, 0.1) is 17.8 Å². The van der Waals surface area contributed by atoms with Crippen molar-refractivity contribution in [2.75, 3.05) is 11.1 Å². The van der Waals surface area contributed by atoms with Gasteiger partial charge in [0, 0.05) is 24.1 Å². The fourth-order valence-corrected chi connectivity index (χ4v) is 1.77. The second-order valence-electron chi connectivity index (χ2n) is 4.19. The molecule has 0 saturated heterocycles. The van der Waals surface area contributed by atoms with Crippen LogP contribution in [-0.2, 0) is 6.54 Å². The molecule has 3 N–H and O–H groups in total. The summed E-state index contributed by atoms with van der Waals surface area (Å²) in [4.78, 5) is 0. The topological polar surface area (TPSA) is 79.7 Å². The SMILES string of the molecule is CC(Cn1cccn1)Nc1ccc(C#N)c(N)c1. The van der Waals surface area contributed by atoms with Crippen LogP contribution in [0.25, 0.3) is 0 Å². The highest BCUT2D eigenvalue weighted by Gasteiger charge is 2.05. The predicted octanol–water partition coefficient (Wildman–Crippen LogP) is 1.84. The number of nitrogens with one attached hydrogen (secondary N) is 1. The van der Waals surface area contributed by atoms with E-state index in [1.165, 1.54) is 0 Å². The fourth-order valence-electron chi connectivity index (χ4n) is 1.77. The molecule has 0 amide bonds. The number of anilines is 2. The van der Waals surface area contributed by atoms with Crippen LogP contribution >= 0.6 is 0 Å². The van der Waals surface area contributed by atoms with E-state index in [0.717, 1.165) is 12.2 Å². The van der Waals surface area contributed by atoms with Gasteiger partial charge in [-0.3, -0.25) is 4.68 Å². The van der Waals surface area contributed by atoms with Crippen LogP contribution in [-0.4, -0.2) is 15.8 Å². The van der Waals surface area contributed by atoms with Crippen LogP contribution in [0.4, 0.5) is 11.4 Å². The highest BCUT2D eigenvalue weighted by Crippen LogP contribution is 2.18. The van der Waals surface area contributed by atoms with Gasteiger partial charge in [-0.1, -0.05) is 0 Å². The van der Waals surface area contributed by atoms with Gasteiger partial charge >= 0.3 is 0 Å². The van der Waals surface area contributed by atoms with E-state index in [1.54, 1.807) is 18.3 Å². The molecule has 5 heteroatoms. The minimum Gasteiger partial charge on any atom is -0.398 e. The van der Waals surface area contributed by atoms with E-state index in [1.807, 2.05) is 29.1 Å². The van der Waals surface area contributed by atoms with Gasteiger partial charge in [0.15, 0.2) is 0 Å². The zero-order valence-electron chi connectivity index (χ0n) is 10.2. The molecule has 0 saturated carbocycles. The maximum Gasteiger partial charge on any atom is 0.101 e. The number of benzene rings is 1. The van der Waals surface area contributed by atoms with E-state index >= 15 is 0 Å². The summed E-state index contributed by atoms with van der Waals surface area (Å²) in [5, 5.41) is 16.3. The first-order valence-electron chi connectivity index (χ1n) is 5.72. The largest absolute Gasteiger partial charge is 0.398 e. The van der Waals surface area contributed by atoms with Gasteiger partial charge < -0.3 is 11.1 Å². The summed E-state index contributed by atoms with van der Waals surface area (Å²) < 4.78 is 1.87. The lowest BCUT2D eigenvalue weighted by molar-refractivity contribution is 0.561. The maximum absolute atomic E-state index is 8.80. The summed E-state index contributed by atoms with van der Waals surface area (Å²) in [6.07, 6.45) is 3.68. The Balaban J connectivity index is 2.01. The molecule has 2 rings (SSSR count). The van der Waals surface area contributed by atoms with E-state index in [4.69, 9.17) is 11.0 Å². The first kappa shape index (κ1) is 12.0. The molecule has 0 bridgehead atoms. The Bertz CT molecular complexity index is 553. The predicted molar refractivity (Wildman–Crippen MR) is 70.9 cm³/mol. The van der Waals surface area contributed by atoms with Crippen LogP contribution in [0.1, 0.15) is 12.5 Å². The third-order valence-electron chi connectivity index (χ3n) is 2.61. The molecule has 1 aromatic carbocycles. The van der Waals surface area contributed by atoms with Crippen LogP contribution in [0.5, 0.6) is 0 Å². The highest BCUT2D eigenvalue weighted by atomic mass is 15.3. The molecule has 0 radical (unpaired) electrons. The Morgan fingerprint density at radius 1 is 1.56 bits per heavy atom. The minimum atomic E-state index is 0.220. The van der Waals surface area contributed by atoms with Crippen molar-refractivity contribution >= 4 is 11.4 Å². The lowest BCUT2D eigenvalue weighted by Crippen LogP contribution is -2.22. The molecule has 1 unspecified atom stereocenters. The zero-order valence-corrected chi connectivity index (χ0v) is 10.2. The molecule has 0 aliphatic rings. The van der Waals surface area contributed by atoms with Crippen molar-refractivity contribution in [2.45, 2.75) is 19.5 Å². The normalized spacial score (nSPS) is 11.8. The molecule has 92 valence electrons. The van der Waals surface area contributed by atoms with E-state index in [-0.39, 0.29) is 6.04 Å². The molecule has 2 aromatic rings. The third kappa shape index (κ3) is 2.80. The highest BCUT2D eigenvalue weighted by molar-refractivity contribution is 5.62. The molecule has 1 aromatic heterocycles. The summed E-state index contributed by atoms with van der Waals surface area (Å²) in [7, 11) is 0. The Hall–Kier alpha value is -2.48. The van der Waals surface area contributed by atoms with Gasteiger partial charge in [-0.05, 0) is 31.2 Å². The molecular weight excluding hydrogens is 226 g/mol. The molecule has 5 nitrogen and oxygen atoms in total. The van der Waals surface area contributed by atoms with Crippen LogP contribution in [0.15, 0.2) is 36.7 Å². The Morgan fingerprint density at radius 2 is 2.39 bits per heavy atom. The van der Waals surface area contributed by atoms with Crippen LogP contribution in [0, 0.1) is 11.3 Å². The number of nitrogens with two attached hydrogens (primary N) is 1. The summed E-state index contributed by atoms with van der Waals surface area (Å²) in [6.45, 7) is 2.84. The molecule has 0 fully saturated rings. The first-order chi connectivity index (χ1) is 8.69. The van der Waals surface area contributed by atoms with Crippen molar-refractivity contribution < 1.29 is 0 Å². The van der Waals surface area contributed by atoms with E-state index in [0.29, 0.717) is 11.3 Å². The van der Waals surface area contributed by atoms with Crippen molar-refractivity contribution in [1.29, 1.82) is 5.26 Å². The maximum atomic E-state index is 8.80. The molecule has 1 atom stereocenters. The van der Waals surface area contributed by atoms with Crippen molar-refractivity contribution in [2.24, 2.45) is 0 Å². The van der Waals surface area contributed by atoms with E-state index in [9.17, 15) is 0 Å². The number of hydrogen-bond acceptors (Lipinski definition) is 4. The number of nitriles is 1. The van der Waals surface area contributed by atoms with Crippen LogP contribution in [0.3, 0.4) is 0 Å². The second kappa shape index (κ2) is 5.23. The lowest BCUT2D eigenvalue weighted by atomic mass is 10.1. The third-order valence-corrected chi connectivity index (χ3v) is 2.61. The molecule has 0 aliphatic heterocycles. The minimum absolute atomic E-state index is 0.220. The Labute approximate surface area is 106 Å². The molecule has 1 heterocycles. The molecule has 18 heavy (non-hydrogen) atoms. The van der Waals surface area contributed by atoms with Gasteiger partial charge in [0.25, 0.3) is 0 Å². The average Bonchev–Trinajstić information content (AvgIpc) is 2.82. The monoisotopic (exact) mass is 241 g/mol. The summed E-state index contributed by atoms with van der Waals surface area (Å²) >= 11 is 0. The van der Waals surface area contributed by atoms with E-state index in [2.05, 4.69) is 17.3 Å². The second-order valence-corrected chi connectivity index (χ2v) is 4.19. The van der Waals surface area contributed by atoms with Crippen molar-refractivity contribution in [1.82, 2.24) is 9.78 Å². The zero-order chi connectivity index (χ0) is 13.0. The molecular formula is C13H15N5. The van der Waals surface area contributed by atoms with Gasteiger partial charge in [0.2, 0.25) is 0 Å². The average molecular weight is 241 g/mol. The number of hydrogen-bond donors (Lipinski definition) is 2. The van der Waals surface area contributed by atoms with Gasteiger partial charge in [0.1, 0.15) is 6.07 Å². The van der Waals surface area contributed by atoms with Crippen molar-refractivity contribution in [3.05, 3.63) is 42.2 Å². The smallest absolute Gasteiger partial charge is 0.101 e. The number of rotatable bonds is 4. The number of nitrogen functional groups attached to an aromatic ring is 1. The quantitative estimate of drug-likeness (QED) is 0.800. The lowest BCUT2D eigenvalue weighted by Gasteiger charge is -2.15. The van der Waals surface area contributed by atoms with Gasteiger partial charge in [-0.15, -0.1) is 0 Å². The van der Waals surface area contributed by atoms with Gasteiger partial charge in [-0.2, -0.15) is 10.4 Å². The molecule has 0 aliphatic carbocycles. The Morgan fingerprint density at radius 3 is 3.00 bits per heavy atom. The Kier molecular flexibility index (Phi) is 3.49. The number of nitrogens with zero attached hydrogens (tertiary/aromatic N) is 3. The first-order valence-corrected chi connectivity index (χ1v) is 5.72. The molecule has 0 spiro atoms. The van der Waals surface area contributed by atoms with Crippen LogP contribution < -0.4 is 11.1 Å². The van der Waals surface area contributed by atoms with Gasteiger partial charge in [-0.25, -0.2) is 0 Å².